The molecule has 6 nitrogen and oxygen atoms in total. The van der Waals surface area contributed by atoms with Crippen molar-refractivity contribution in [3.8, 4) is 0 Å². The molecule has 1 fully saturated rings. The summed E-state index contributed by atoms with van der Waals surface area (Å²) in [5, 5.41) is 11.2. The molecule has 1 heterocycles. The van der Waals surface area contributed by atoms with Crippen LogP contribution < -0.4 is 10.2 Å². The highest BCUT2D eigenvalue weighted by Crippen LogP contribution is 2.26. The largest absolute Gasteiger partial charge is 0.465 e. The first kappa shape index (κ1) is 20.9. The van der Waals surface area contributed by atoms with Gasteiger partial charge in [0.15, 0.2) is 0 Å². The van der Waals surface area contributed by atoms with Gasteiger partial charge in [0.05, 0.1) is 0 Å². The molecule has 1 aliphatic heterocycles. The number of hydrogen-bond donors (Lipinski definition) is 2. The number of benzene rings is 2. The van der Waals surface area contributed by atoms with Crippen LogP contribution in [-0.2, 0) is 11.2 Å². The monoisotopic (exact) mass is 395 g/mol. The Kier molecular flexibility index (Phi) is 7.25. The number of carbonyl (C=O) groups excluding carboxylic acids is 1. The Balaban J connectivity index is 1.60. The van der Waals surface area contributed by atoms with Crippen LogP contribution in [-0.4, -0.2) is 47.7 Å². The van der Waals surface area contributed by atoms with Crippen LogP contribution in [0.1, 0.15) is 31.7 Å². The molecule has 29 heavy (non-hydrogen) atoms. The first-order chi connectivity index (χ1) is 14.1. The van der Waals surface area contributed by atoms with Gasteiger partial charge in [-0.3, -0.25) is 10.1 Å². The molecule has 0 radical (unpaired) electrons. The molecule has 2 amide bonds. The van der Waals surface area contributed by atoms with E-state index < -0.39 is 6.09 Å². The molecule has 0 unspecified atom stereocenters. The highest BCUT2D eigenvalue weighted by molar-refractivity contribution is 5.94. The van der Waals surface area contributed by atoms with Gasteiger partial charge in [0.2, 0.25) is 5.91 Å². The van der Waals surface area contributed by atoms with Crippen molar-refractivity contribution in [3.63, 3.8) is 0 Å². The van der Waals surface area contributed by atoms with Crippen molar-refractivity contribution in [2.24, 2.45) is 0 Å². The maximum atomic E-state index is 12.7. The van der Waals surface area contributed by atoms with E-state index in [9.17, 15) is 9.59 Å². The molecule has 3 rings (SSSR count). The Labute approximate surface area is 172 Å². The van der Waals surface area contributed by atoms with E-state index in [1.165, 1.54) is 5.56 Å². The second-order valence-corrected chi connectivity index (χ2v) is 7.40. The van der Waals surface area contributed by atoms with E-state index in [1.807, 2.05) is 30.0 Å². The zero-order valence-corrected chi connectivity index (χ0v) is 16.9. The molecule has 2 aromatic carbocycles. The number of amides is 2. The van der Waals surface area contributed by atoms with Crippen molar-refractivity contribution in [3.05, 3.63) is 60.2 Å². The SMILES string of the molecule is CCC(=O)N(c1ccc(NC(=O)O)cc1)C1CCN(CCc2ccccc2)CC1. The predicted octanol–water partition coefficient (Wildman–Crippen LogP) is 4.23. The van der Waals surface area contributed by atoms with Gasteiger partial charge in [-0.15, -0.1) is 0 Å². The summed E-state index contributed by atoms with van der Waals surface area (Å²) in [7, 11) is 0. The molecule has 6 heteroatoms. The van der Waals surface area contributed by atoms with E-state index >= 15 is 0 Å². The summed E-state index contributed by atoms with van der Waals surface area (Å²) < 4.78 is 0. The van der Waals surface area contributed by atoms with E-state index in [0.717, 1.165) is 44.6 Å². The molecule has 1 aliphatic rings. The van der Waals surface area contributed by atoms with Crippen LogP contribution in [0.2, 0.25) is 0 Å². The predicted molar refractivity (Wildman–Crippen MR) is 115 cm³/mol. The first-order valence-corrected chi connectivity index (χ1v) is 10.2. The molecule has 2 aromatic rings. The average molecular weight is 396 g/mol. The van der Waals surface area contributed by atoms with Crippen LogP contribution in [0.5, 0.6) is 0 Å². The third-order valence-corrected chi connectivity index (χ3v) is 5.45. The lowest BCUT2D eigenvalue weighted by molar-refractivity contribution is -0.119. The maximum Gasteiger partial charge on any atom is 0.409 e. The van der Waals surface area contributed by atoms with Crippen molar-refractivity contribution in [2.75, 3.05) is 29.9 Å². The first-order valence-electron chi connectivity index (χ1n) is 10.2. The molecule has 0 bridgehead atoms. The Bertz CT molecular complexity index is 800. The number of nitrogens with one attached hydrogen (secondary N) is 1. The molecular weight excluding hydrogens is 366 g/mol. The van der Waals surface area contributed by atoms with Gasteiger partial charge in [0, 0.05) is 43.5 Å². The minimum atomic E-state index is -1.10. The summed E-state index contributed by atoms with van der Waals surface area (Å²) in [6, 6.07) is 17.7. The van der Waals surface area contributed by atoms with E-state index in [-0.39, 0.29) is 11.9 Å². The van der Waals surface area contributed by atoms with E-state index in [2.05, 4.69) is 34.5 Å². The standard InChI is InChI=1S/C23H29N3O3/c1-2-22(27)26(20-10-8-19(9-11-20)24-23(28)29)21-13-16-25(17-14-21)15-12-18-6-4-3-5-7-18/h3-11,21,24H,2,12-17H2,1H3,(H,28,29). The number of hydrogen-bond acceptors (Lipinski definition) is 3. The van der Waals surface area contributed by atoms with E-state index in [0.29, 0.717) is 12.1 Å². The lowest BCUT2D eigenvalue weighted by Crippen LogP contribution is -2.47. The summed E-state index contributed by atoms with van der Waals surface area (Å²) in [5.41, 5.74) is 2.68. The second kappa shape index (κ2) is 10.1. The molecule has 0 saturated carbocycles. The molecule has 0 aromatic heterocycles. The third kappa shape index (κ3) is 5.81. The molecule has 1 saturated heterocycles. The third-order valence-electron chi connectivity index (χ3n) is 5.45. The van der Waals surface area contributed by atoms with Gasteiger partial charge >= 0.3 is 6.09 Å². The van der Waals surface area contributed by atoms with Crippen LogP contribution in [0, 0.1) is 0 Å². The Morgan fingerprint density at radius 2 is 1.72 bits per heavy atom. The van der Waals surface area contributed by atoms with Gasteiger partial charge in [0.25, 0.3) is 0 Å². The lowest BCUT2D eigenvalue weighted by atomic mass is 10.0. The van der Waals surface area contributed by atoms with Gasteiger partial charge < -0.3 is 14.9 Å². The summed E-state index contributed by atoms with van der Waals surface area (Å²) in [4.78, 5) is 27.8. The van der Waals surface area contributed by atoms with Crippen molar-refractivity contribution < 1.29 is 14.7 Å². The Morgan fingerprint density at radius 3 is 2.31 bits per heavy atom. The number of rotatable bonds is 7. The number of nitrogens with zero attached hydrogens (tertiary/aromatic N) is 2. The van der Waals surface area contributed by atoms with Crippen LogP contribution >= 0.6 is 0 Å². The molecule has 0 atom stereocenters. The number of carboxylic acid groups (broad SMARTS) is 1. The number of piperidine rings is 1. The van der Waals surface area contributed by atoms with E-state index in [1.54, 1.807) is 12.1 Å². The number of likely N-dealkylation sites (tertiary alicyclic amines) is 1. The topological polar surface area (TPSA) is 72.9 Å². The van der Waals surface area contributed by atoms with Crippen molar-refractivity contribution in [2.45, 2.75) is 38.6 Å². The number of anilines is 2. The summed E-state index contributed by atoms with van der Waals surface area (Å²) in [6.07, 6.45) is 2.28. The number of carbonyl (C=O) groups is 2. The maximum absolute atomic E-state index is 12.7. The van der Waals surface area contributed by atoms with Gasteiger partial charge in [-0.1, -0.05) is 37.3 Å². The second-order valence-electron chi connectivity index (χ2n) is 7.40. The average Bonchev–Trinajstić information content (AvgIpc) is 2.75. The van der Waals surface area contributed by atoms with Gasteiger partial charge in [0.1, 0.15) is 0 Å². The minimum absolute atomic E-state index is 0.103. The zero-order chi connectivity index (χ0) is 20.6. The fourth-order valence-corrected chi connectivity index (χ4v) is 3.89. The Morgan fingerprint density at radius 1 is 1.07 bits per heavy atom. The van der Waals surface area contributed by atoms with E-state index in [4.69, 9.17) is 5.11 Å². The van der Waals surface area contributed by atoms with Gasteiger partial charge in [-0.2, -0.15) is 0 Å². The fourth-order valence-electron chi connectivity index (χ4n) is 3.89. The van der Waals surface area contributed by atoms with Crippen molar-refractivity contribution >= 4 is 23.4 Å². The molecule has 0 aliphatic carbocycles. The summed E-state index contributed by atoms with van der Waals surface area (Å²) >= 11 is 0. The van der Waals surface area contributed by atoms with Gasteiger partial charge in [-0.05, 0) is 49.1 Å². The van der Waals surface area contributed by atoms with Crippen LogP contribution in [0.15, 0.2) is 54.6 Å². The molecule has 2 N–H and O–H groups in total. The quantitative estimate of drug-likeness (QED) is 0.736. The highest BCUT2D eigenvalue weighted by atomic mass is 16.4. The Hall–Kier alpha value is -2.86. The van der Waals surface area contributed by atoms with Crippen molar-refractivity contribution in [1.29, 1.82) is 0 Å². The molecular formula is C23H29N3O3. The van der Waals surface area contributed by atoms with Crippen LogP contribution in [0.25, 0.3) is 0 Å². The summed E-state index contributed by atoms with van der Waals surface area (Å²) in [6.45, 7) is 4.87. The highest BCUT2D eigenvalue weighted by Gasteiger charge is 2.28. The molecule has 0 spiro atoms. The van der Waals surface area contributed by atoms with Crippen LogP contribution in [0.4, 0.5) is 16.2 Å². The molecule has 154 valence electrons. The zero-order valence-electron chi connectivity index (χ0n) is 16.9. The van der Waals surface area contributed by atoms with Crippen LogP contribution in [0.3, 0.4) is 0 Å². The van der Waals surface area contributed by atoms with Gasteiger partial charge in [-0.25, -0.2) is 4.79 Å². The lowest BCUT2D eigenvalue weighted by Gasteiger charge is -2.38. The smallest absolute Gasteiger partial charge is 0.409 e. The minimum Gasteiger partial charge on any atom is -0.465 e. The normalized spacial score (nSPS) is 15.1. The fraction of sp³-hybridized carbons (Fsp3) is 0.391. The van der Waals surface area contributed by atoms with Crippen molar-refractivity contribution in [1.82, 2.24) is 4.90 Å². The summed E-state index contributed by atoms with van der Waals surface area (Å²) in [5.74, 6) is 0.103.